The van der Waals surface area contributed by atoms with E-state index in [0.717, 1.165) is 31.7 Å². The summed E-state index contributed by atoms with van der Waals surface area (Å²) in [4.78, 5) is 15.1. The molecule has 0 radical (unpaired) electrons. The molecule has 0 bridgehead atoms. The number of amides is 1. The molecule has 4 N–H and O–H groups in total. The van der Waals surface area contributed by atoms with Crippen molar-refractivity contribution in [2.45, 2.75) is 25.3 Å². The highest BCUT2D eigenvalue weighted by atomic mass is 16.1. The Morgan fingerprint density at radius 3 is 2.71 bits per heavy atom. The van der Waals surface area contributed by atoms with Gasteiger partial charge in [0.15, 0.2) is 0 Å². The zero-order chi connectivity index (χ0) is 12.3. The van der Waals surface area contributed by atoms with Gasteiger partial charge in [0.05, 0.1) is 5.56 Å². The van der Waals surface area contributed by atoms with E-state index in [1.165, 1.54) is 6.20 Å². The van der Waals surface area contributed by atoms with E-state index >= 15 is 0 Å². The molecule has 5 nitrogen and oxygen atoms in total. The summed E-state index contributed by atoms with van der Waals surface area (Å²) in [5.74, 6) is 0.344. The average Bonchev–Trinajstić information content (AvgIpc) is 2.30. The van der Waals surface area contributed by atoms with Crippen LogP contribution in [0.15, 0.2) is 18.3 Å². The zero-order valence-corrected chi connectivity index (χ0v) is 9.99. The normalized spacial score (nSPS) is 18.6. The van der Waals surface area contributed by atoms with Crippen LogP contribution in [-0.2, 0) is 0 Å². The predicted molar refractivity (Wildman–Crippen MR) is 66.9 cm³/mol. The van der Waals surface area contributed by atoms with Crippen molar-refractivity contribution < 1.29 is 4.79 Å². The molecule has 92 valence electrons. The number of piperidine rings is 1. The highest BCUT2D eigenvalue weighted by molar-refractivity contribution is 5.92. The van der Waals surface area contributed by atoms with E-state index in [1.54, 1.807) is 12.1 Å². The summed E-state index contributed by atoms with van der Waals surface area (Å²) >= 11 is 0. The number of hydrogen-bond acceptors (Lipinski definition) is 4. The van der Waals surface area contributed by atoms with Crippen LogP contribution in [-0.4, -0.2) is 29.5 Å². The van der Waals surface area contributed by atoms with E-state index in [0.29, 0.717) is 5.56 Å². The Bertz CT molecular complexity index is 395. The molecule has 1 aliphatic rings. The summed E-state index contributed by atoms with van der Waals surface area (Å²) in [5.41, 5.74) is 5.68. The van der Waals surface area contributed by atoms with E-state index in [-0.39, 0.29) is 5.54 Å². The van der Waals surface area contributed by atoms with Crippen LogP contribution in [0.3, 0.4) is 0 Å². The fraction of sp³-hybridized carbons (Fsp3) is 0.500. The van der Waals surface area contributed by atoms with Crippen molar-refractivity contribution in [3.8, 4) is 0 Å². The van der Waals surface area contributed by atoms with Crippen molar-refractivity contribution in [3.63, 3.8) is 0 Å². The molecule has 1 amide bonds. The van der Waals surface area contributed by atoms with E-state index in [2.05, 4.69) is 22.5 Å². The minimum atomic E-state index is -0.447. The van der Waals surface area contributed by atoms with E-state index < -0.39 is 5.91 Å². The number of anilines is 1. The van der Waals surface area contributed by atoms with E-state index in [4.69, 9.17) is 5.73 Å². The molecule has 1 aromatic heterocycles. The number of primary amides is 1. The maximum Gasteiger partial charge on any atom is 0.250 e. The fourth-order valence-corrected chi connectivity index (χ4v) is 2.03. The lowest BCUT2D eigenvalue weighted by atomic mass is 9.90. The summed E-state index contributed by atoms with van der Waals surface area (Å²) in [7, 11) is 0. The van der Waals surface area contributed by atoms with Gasteiger partial charge >= 0.3 is 0 Å². The molecule has 17 heavy (non-hydrogen) atoms. The van der Waals surface area contributed by atoms with Crippen LogP contribution in [0.25, 0.3) is 0 Å². The molecule has 1 fully saturated rings. The second kappa shape index (κ2) is 4.71. The Labute approximate surface area is 101 Å². The molecule has 0 spiro atoms. The Morgan fingerprint density at radius 1 is 1.47 bits per heavy atom. The van der Waals surface area contributed by atoms with Gasteiger partial charge in [-0.2, -0.15) is 0 Å². The Morgan fingerprint density at radius 2 is 2.18 bits per heavy atom. The predicted octanol–water partition coefficient (Wildman–Crippen LogP) is 0.734. The van der Waals surface area contributed by atoms with Crippen LogP contribution in [0.2, 0.25) is 0 Å². The first-order chi connectivity index (χ1) is 8.09. The van der Waals surface area contributed by atoms with Gasteiger partial charge in [-0.3, -0.25) is 4.79 Å². The average molecular weight is 234 g/mol. The summed E-state index contributed by atoms with van der Waals surface area (Å²) in [6, 6.07) is 3.50. The standard InChI is InChI=1S/C12H18N4O/c1-12(4-6-14-7-5-12)16-10-3-2-9(8-15-10)11(13)17/h2-3,8,14H,4-7H2,1H3,(H2,13,17)(H,15,16). The SMILES string of the molecule is CC1(Nc2ccc(C(N)=O)cn2)CCNCC1. The molecule has 0 unspecified atom stereocenters. The van der Waals surface area contributed by atoms with Crippen molar-refractivity contribution in [2.24, 2.45) is 5.73 Å². The second-order valence-electron chi connectivity index (χ2n) is 4.73. The maximum absolute atomic E-state index is 10.9. The second-order valence-corrected chi connectivity index (χ2v) is 4.73. The highest BCUT2D eigenvalue weighted by Crippen LogP contribution is 2.22. The summed E-state index contributed by atoms with van der Waals surface area (Å²) < 4.78 is 0. The molecule has 5 heteroatoms. The first kappa shape index (κ1) is 11.9. The Kier molecular flexibility index (Phi) is 3.28. The van der Waals surface area contributed by atoms with Crippen LogP contribution >= 0.6 is 0 Å². The van der Waals surface area contributed by atoms with Gasteiger partial charge in [0.2, 0.25) is 5.91 Å². The van der Waals surface area contributed by atoms with Crippen molar-refractivity contribution in [2.75, 3.05) is 18.4 Å². The van der Waals surface area contributed by atoms with Gasteiger partial charge in [0.25, 0.3) is 0 Å². The third kappa shape index (κ3) is 2.94. The quantitative estimate of drug-likeness (QED) is 0.720. The third-order valence-corrected chi connectivity index (χ3v) is 3.18. The van der Waals surface area contributed by atoms with Gasteiger partial charge in [-0.05, 0) is 45.0 Å². The van der Waals surface area contributed by atoms with E-state index in [9.17, 15) is 4.79 Å². The molecular formula is C12H18N4O. The topological polar surface area (TPSA) is 80.0 Å². The minimum absolute atomic E-state index is 0.0759. The van der Waals surface area contributed by atoms with Gasteiger partial charge in [-0.1, -0.05) is 0 Å². The third-order valence-electron chi connectivity index (χ3n) is 3.18. The van der Waals surface area contributed by atoms with Crippen molar-refractivity contribution in [1.29, 1.82) is 0 Å². The number of nitrogens with zero attached hydrogens (tertiary/aromatic N) is 1. The van der Waals surface area contributed by atoms with Crippen LogP contribution < -0.4 is 16.4 Å². The maximum atomic E-state index is 10.9. The summed E-state index contributed by atoms with van der Waals surface area (Å²) in [6.07, 6.45) is 3.63. The number of carbonyl (C=O) groups is 1. The first-order valence-electron chi connectivity index (χ1n) is 5.84. The number of aromatic nitrogens is 1. The van der Waals surface area contributed by atoms with Gasteiger partial charge in [0.1, 0.15) is 5.82 Å². The highest BCUT2D eigenvalue weighted by Gasteiger charge is 2.26. The lowest BCUT2D eigenvalue weighted by Gasteiger charge is -2.35. The van der Waals surface area contributed by atoms with Crippen LogP contribution in [0, 0.1) is 0 Å². The lowest BCUT2D eigenvalue weighted by molar-refractivity contribution is 0.1000. The van der Waals surface area contributed by atoms with Gasteiger partial charge < -0.3 is 16.4 Å². The number of rotatable bonds is 3. The van der Waals surface area contributed by atoms with Crippen LogP contribution in [0.1, 0.15) is 30.1 Å². The molecule has 1 aliphatic heterocycles. The largest absolute Gasteiger partial charge is 0.366 e. The van der Waals surface area contributed by atoms with Gasteiger partial charge in [-0.25, -0.2) is 4.98 Å². The number of hydrogen-bond donors (Lipinski definition) is 3. The van der Waals surface area contributed by atoms with Gasteiger partial charge in [0, 0.05) is 11.7 Å². The number of carbonyl (C=O) groups excluding carboxylic acids is 1. The van der Waals surface area contributed by atoms with Crippen LogP contribution in [0.5, 0.6) is 0 Å². The van der Waals surface area contributed by atoms with Gasteiger partial charge in [-0.15, -0.1) is 0 Å². The summed E-state index contributed by atoms with van der Waals surface area (Å²) in [6.45, 7) is 4.23. The minimum Gasteiger partial charge on any atom is -0.366 e. The Balaban J connectivity index is 2.05. The molecule has 2 rings (SSSR count). The zero-order valence-electron chi connectivity index (χ0n) is 9.99. The molecular weight excluding hydrogens is 216 g/mol. The van der Waals surface area contributed by atoms with Crippen LogP contribution in [0.4, 0.5) is 5.82 Å². The fourth-order valence-electron chi connectivity index (χ4n) is 2.03. The molecule has 0 atom stereocenters. The summed E-state index contributed by atoms with van der Waals surface area (Å²) in [5, 5.41) is 6.75. The lowest BCUT2D eigenvalue weighted by Crippen LogP contribution is -2.45. The molecule has 0 saturated carbocycles. The number of nitrogens with two attached hydrogens (primary N) is 1. The van der Waals surface area contributed by atoms with Crippen molar-refractivity contribution in [1.82, 2.24) is 10.3 Å². The smallest absolute Gasteiger partial charge is 0.250 e. The monoisotopic (exact) mass is 234 g/mol. The number of nitrogens with one attached hydrogen (secondary N) is 2. The van der Waals surface area contributed by atoms with Crippen molar-refractivity contribution >= 4 is 11.7 Å². The molecule has 2 heterocycles. The van der Waals surface area contributed by atoms with E-state index in [1.807, 2.05) is 0 Å². The Hall–Kier alpha value is -1.62. The molecule has 0 aromatic carbocycles. The molecule has 1 saturated heterocycles. The molecule has 0 aliphatic carbocycles. The van der Waals surface area contributed by atoms with Crippen molar-refractivity contribution in [3.05, 3.63) is 23.9 Å². The first-order valence-corrected chi connectivity index (χ1v) is 5.84. The molecule has 1 aromatic rings. The number of pyridine rings is 1.